The van der Waals surface area contributed by atoms with E-state index in [4.69, 9.17) is 4.74 Å². The highest BCUT2D eigenvalue weighted by Gasteiger charge is 2.20. The number of likely N-dealkylation sites (tertiary alicyclic amines) is 1. The zero-order valence-corrected chi connectivity index (χ0v) is 11.4. The molecular weight excluding hydrogens is 226 g/mol. The Labute approximate surface area is 109 Å². The van der Waals surface area contributed by atoms with Crippen molar-refractivity contribution in [2.75, 3.05) is 26.7 Å². The highest BCUT2D eigenvalue weighted by atomic mass is 16.5. The van der Waals surface area contributed by atoms with Crippen LogP contribution in [0.1, 0.15) is 25.3 Å². The van der Waals surface area contributed by atoms with Gasteiger partial charge in [-0.15, -0.1) is 0 Å². The fraction of sp³-hybridized carbons (Fsp3) is 0.643. The van der Waals surface area contributed by atoms with Gasteiger partial charge in [-0.25, -0.2) is 4.98 Å². The number of rotatable bonds is 5. The first-order chi connectivity index (χ1) is 8.83. The minimum absolute atomic E-state index is 0.631. The molecule has 0 aromatic carbocycles. The van der Waals surface area contributed by atoms with Crippen LogP contribution in [0.2, 0.25) is 0 Å². The Hall–Kier alpha value is -1.13. The SMILES string of the molecule is CCNC1CCCN(Cc2cccnc2OC)C1. The van der Waals surface area contributed by atoms with Crippen LogP contribution in [0, 0.1) is 0 Å². The lowest BCUT2D eigenvalue weighted by Gasteiger charge is -2.33. The molecule has 0 aliphatic carbocycles. The molecule has 2 heterocycles. The second kappa shape index (κ2) is 6.71. The van der Waals surface area contributed by atoms with Gasteiger partial charge >= 0.3 is 0 Å². The van der Waals surface area contributed by atoms with Crippen LogP contribution in [-0.4, -0.2) is 42.7 Å². The van der Waals surface area contributed by atoms with E-state index in [1.165, 1.54) is 24.9 Å². The van der Waals surface area contributed by atoms with Gasteiger partial charge in [0.25, 0.3) is 0 Å². The molecule has 2 rings (SSSR count). The van der Waals surface area contributed by atoms with Crippen molar-refractivity contribution < 1.29 is 4.74 Å². The summed E-state index contributed by atoms with van der Waals surface area (Å²) in [5.74, 6) is 0.753. The molecule has 4 heteroatoms. The third-order valence-corrected chi connectivity index (χ3v) is 3.44. The summed E-state index contributed by atoms with van der Waals surface area (Å²) < 4.78 is 5.31. The number of nitrogens with one attached hydrogen (secondary N) is 1. The van der Waals surface area contributed by atoms with Gasteiger partial charge in [-0.05, 0) is 32.0 Å². The highest BCUT2D eigenvalue weighted by molar-refractivity contribution is 5.25. The molecule has 1 aromatic rings. The van der Waals surface area contributed by atoms with E-state index in [0.717, 1.165) is 25.5 Å². The van der Waals surface area contributed by atoms with E-state index in [2.05, 4.69) is 28.2 Å². The van der Waals surface area contributed by atoms with E-state index in [1.807, 2.05) is 6.07 Å². The van der Waals surface area contributed by atoms with Crippen molar-refractivity contribution >= 4 is 0 Å². The molecular formula is C14H23N3O. The average molecular weight is 249 g/mol. The number of hydrogen-bond acceptors (Lipinski definition) is 4. The van der Waals surface area contributed by atoms with Gasteiger partial charge in [0, 0.05) is 30.9 Å². The maximum absolute atomic E-state index is 5.31. The molecule has 18 heavy (non-hydrogen) atoms. The van der Waals surface area contributed by atoms with Crippen LogP contribution in [0.25, 0.3) is 0 Å². The van der Waals surface area contributed by atoms with Crippen molar-refractivity contribution in [1.82, 2.24) is 15.2 Å². The second-order valence-electron chi connectivity index (χ2n) is 4.80. The summed E-state index contributed by atoms with van der Waals surface area (Å²) in [6.45, 7) is 6.43. The number of hydrogen-bond donors (Lipinski definition) is 1. The Bertz CT molecular complexity index is 368. The molecule has 1 atom stereocenters. The Morgan fingerprint density at radius 1 is 1.56 bits per heavy atom. The first-order valence-electron chi connectivity index (χ1n) is 6.77. The van der Waals surface area contributed by atoms with Gasteiger partial charge in [-0.3, -0.25) is 4.90 Å². The smallest absolute Gasteiger partial charge is 0.217 e. The second-order valence-corrected chi connectivity index (χ2v) is 4.80. The molecule has 1 saturated heterocycles. The number of ether oxygens (including phenoxy) is 1. The van der Waals surface area contributed by atoms with Crippen LogP contribution >= 0.6 is 0 Å². The van der Waals surface area contributed by atoms with Crippen molar-refractivity contribution in [3.05, 3.63) is 23.9 Å². The van der Waals surface area contributed by atoms with E-state index < -0.39 is 0 Å². The highest BCUT2D eigenvalue weighted by Crippen LogP contribution is 2.19. The number of aromatic nitrogens is 1. The molecule has 4 nitrogen and oxygen atoms in total. The molecule has 0 spiro atoms. The van der Waals surface area contributed by atoms with Gasteiger partial charge in [0.15, 0.2) is 0 Å². The Kier molecular flexibility index (Phi) is 4.96. The van der Waals surface area contributed by atoms with Gasteiger partial charge in [-0.2, -0.15) is 0 Å². The molecule has 0 bridgehead atoms. The molecule has 0 amide bonds. The summed E-state index contributed by atoms with van der Waals surface area (Å²) in [4.78, 5) is 6.74. The summed E-state index contributed by atoms with van der Waals surface area (Å²) in [6, 6.07) is 4.71. The average Bonchev–Trinajstić information content (AvgIpc) is 2.40. The van der Waals surface area contributed by atoms with Crippen molar-refractivity contribution in [1.29, 1.82) is 0 Å². The van der Waals surface area contributed by atoms with Crippen molar-refractivity contribution in [3.8, 4) is 5.88 Å². The predicted octanol–water partition coefficient (Wildman–Crippen LogP) is 1.66. The van der Waals surface area contributed by atoms with Crippen LogP contribution in [0.4, 0.5) is 0 Å². The Morgan fingerprint density at radius 3 is 3.22 bits per heavy atom. The summed E-state index contributed by atoms with van der Waals surface area (Å²) in [7, 11) is 1.68. The summed E-state index contributed by atoms with van der Waals surface area (Å²) in [5.41, 5.74) is 1.18. The maximum atomic E-state index is 5.31. The Morgan fingerprint density at radius 2 is 2.44 bits per heavy atom. The number of methoxy groups -OCH3 is 1. The molecule has 1 aliphatic heterocycles. The van der Waals surface area contributed by atoms with Gasteiger partial charge in [0.1, 0.15) is 0 Å². The first-order valence-corrected chi connectivity index (χ1v) is 6.77. The predicted molar refractivity (Wildman–Crippen MR) is 72.8 cm³/mol. The quantitative estimate of drug-likeness (QED) is 0.861. The lowest BCUT2D eigenvalue weighted by molar-refractivity contribution is 0.182. The zero-order valence-electron chi connectivity index (χ0n) is 11.4. The summed E-state index contributed by atoms with van der Waals surface area (Å²) in [6.07, 6.45) is 4.33. The molecule has 1 aromatic heterocycles. The third kappa shape index (κ3) is 3.43. The van der Waals surface area contributed by atoms with Crippen molar-refractivity contribution in [3.63, 3.8) is 0 Å². The number of nitrogens with zero attached hydrogens (tertiary/aromatic N) is 2. The lowest BCUT2D eigenvalue weighted by Crippen LogP contribution is -2.45. The third-order valence-electron chi connectivity index (χ3n) is 3.44. The van der Waals surface area contributed by atoms with Crippen molar-refractivity contribution in [2.45, 2.75) is 32.4 Å². The molecule has 1 unspecified atom stereocenters. The van der Waals surface area contributed by atoms with Crippen LogP contribution in [-0.2, 0) is 6.54 Å². The van der Waals surface area contributed by atoms with Crippen molar-refractivity contribution in [2.24, 2.45) is 0 Å². The van der Waals surface area contributed by atoms with Gasteiger partial charge < -0.3 is 10.1 Å². The normalized spacial score (nSPS) is 20.9. The maximum Gasteiger partial charge on any atom is 0.217 e. The first kappa shape index (κ1) is 13.3. The van der Waals surface area contributed by atoms with E-state index >= 15 is 0 Å². The monoisotopic (exact) mass is 249 g/mol. The molecule has 1 N–H and O–H groups in total. The summed E-state index contributed by atoms with van der Waals surface area (Å²) in [5, 5.41) is 3.54. The molecule has 100 valence electrons. The fourth-order valence-electron chi connectivity index (χ4n) is 2.62. The lowest BCUT2D eigenvalue weighted by atomic mass is 10.1. The Balaban J connectivity index is 1.96. The van der Waals surface area contributed by atoms with Crippen LogP contribution in [0.3, 0.4) is 0 Å². The molecule has 1 fully saturated rings. The topological polar surface area (TPSA) is 37.4 Å². The largest absolute Gasteiger partial charge is 0.481 e. The fourth-order valence-corrected chi connectivity index (χ4v) is 2.62. The number of likely N-dealkylation sites (N-methyl/N-ethyl adjacent to an activating group) is 1. The van der Waals surface area contributed by atoms with Crippen LogP contribution < -0.4 is 10.1 Å². The van der Waals surface area contributed by atoms with E-state index in [-0.39, 0.29) is 0 Å². The number of piperidine rings is 1. The molecule has 1 aliphatic rings. The standard InChI is InChI=1S/C14H23N3O/c1-3-15-13-7-5-9-17(11-13)10-12-6-4-8-16-14(12)18-2/h4,6,8,13,15H,3,5,7,9-11H2,1-2H3. The molecule has 0 radical (unpaired) electrons. The summed E-state index contributed by atoms with van der Waals surface area (Å²) >= 11 is 0. The van der Waals surface area contributed by atoms with Gasteiger partial charge in [0.05, 0.1) is 7.11 Å². The van der Waals surface area contributed by atoms with Gasteiger partial charge in [0.2, 0.25) is 5.88 Å². The van der Waals surface area contributed by atoms with Crippen LogP contribution in [0.15, 0.2) is 18.3 Å². The minimum Gasteiger partial charge on any atom is -0.481 e. The number of pyridine rings is 1. The molecule has 0 saturated carbocycles. The van der Waals surface area contributed by atoms with Crippen LogP contribution in [0.5, 0.6) is 5.88 Å². The zero-order chi connectivity index (χ0) is 12.8. The van der Waals surface area contributed by atoms with E-state index in [0.29, 0.717) is 6.04 Å². The van der Waals surface area contributed by atoms with Gasteiger partial charge in [-0.1, -0.05) is 13.0 Å². The minimum atomic E-state index is 0.631. The van der Waals surface area contributed by atoms with E-state index in [9.17, 15) is 0 Å². The van der Waals surface area contributed by atoms with E-state index in [1.54, 1.807) is 13.3 Å².